The predicted octanol–water partition coefficient (Wildman–Crippen LogP) is 6.47. The van der Waals surface area contributed by atoms with E-state index in [1.54, 1.807) is 0 Å². The Bertz CT molecular complexity index is 665. The Hall–Kier alpha value is -0.970. The number of halogens is 7. The highest BCUT2D eigenvalue weighted by atomic mass is 35.5. The van der Waals surface area contributed by atoms with Crippen molar-refractivity contribution in [3.63, 3.8) is 0 Å². The molecule has 0 aliphatic rings. The van der Waals surface area contributed by atoms with E-state index in [2.05, 4.69) is 0 Å². The number of hydrogen-bond acceptors (Lipinski definition) is 0. The fourth-order valence-electron chi connectivity index (χ4n) is 1.75. The molecule has 0 N–H and O–H groups in total. The zero-order chi connectivity index (χ0) is 15.1. The summed E-state index contributed by atoms with van der Waals surface area (Å²) in [6.07, 6.45) is -4.72. The molecule has 106 valence electrons. The van der Waals surface area contributed by atoms with Crippen molar-refractivity contribution in [2.45, 2.75) is 6.18 Å². The molecule has 0 radical (unpaired) electrons. The minimum absolute atomic E-state index is 0.0116. The Labute approximate surface area is 126 Å². The zero-order valence-electron chi connectivity index (χ0n) is 9.53. The van der Waals surface area contributed by atoms with Gasteiger partial charge >= 0.3 is 6.18 Å². The van der Waals surface area contributed by atoms with Gasteiger partial charge in [0.2, 0.25) is 0 Å². The van der Waals surface area contributed by atoms with Crippen LogP contribution in [0.25, 0.3) is 11.1 Å². The van der Waals surface area contributed by atoms with E-state index in [0.717, 1.165) is 24.3 Å². The van der Waals surface area contributed by atoms with Gasteiger partial charge < -0.3 is 0 Å². The Morgan fingerprint density at radius 2 is 1.45 bits per heavy atom. The summed E-state index contributed by atoms with van der Waals surface area (Å²) in [5.41, 5.74) is -1.94. The summed E-state index contributed by atoms with van der Waals surface area (Å²) in [5, 5.41) is -0.0530. The molecular weight excluding hydrogens is 338 g/mol. The Balaban J connectivity index is 2.79. The fraction of sp³-hybridized carbons (Fsp3) is 0.0769. The van der Waals surface area contributed by atoms with Crippen LogP contribution in [0.3, 0.4) is 0 Å². The topological polar surface area (TPSA) is 0 Å². The number of rotatable bonds is 1. The molecule has 0 nitrogen and oxygen atoms in total. The van der Waals surface area contributed by atoms with Crippen molar-refractivity contribution in [2.75, 3.05) is 0 Å². The van der Waals surface area contributed by atoms with Gasteiger partial charge in [-0.05, 0) is 24.3 Å². The lowest BCUT2D eigenvalue weighted by molar-refractivity contribution is -0.137. The second-order valence-electron chi connectivity index (χ2n) is 3.91. The van der Waals surface area contributed by atoms with Gasteiger partial charge in [-0.2, -0.15) is 13.2 Å². The third-order valence-electron chi connectivity index (χ3n) is 2.60. The molecule has 0 bridgehead atoms. The van der Waals surface area contributed by atoms with E-state index in [1.165, 1.54) is 6.07 Å². The Kier molecular flexibility index (Phi) is 4.19. The van der Waals surface area contributed by atoms with E-state index >= 15 is 0 Å². The highest BCUT2D eigenvalue weighted by molar-refractivity contribution is 6.44. The molecule has 0 saturated heterocycles. The van der Waals surface area contributed by atoms with Crippen molar-refractivity contribution in [3.05, 3.63) is 56.8 Å². The average molecular weight is 344 g/mol. The van der Waals surface area contributed by atoms with Crippen molar-refractivity contribution in [2.24, 2.45) is 0 Å². The average Bonchev–Trinajstić information content (AvgIpc) is 2.33. The molecule has 0 amide bonds. The molecule has 0 unspecified atom stereocenters. The van der Waals surface area contributed by atoms with Crippen LogP contribution in [0.2, 0.25) is 15.1 Å². The monoisotopic (exact) mass is 342 g/mol. The van der Waals surface area contributed by atoms with Crippen LogP contribution in [-0.4, -0.2) is 0 Å². The first-order valence-electron chi connectivity index (χ1n) is 5.22. The first-order chi connectivity index (χ1) is 9.21. The summed E-state index contributed by atoms with van der Waals surface area (Å²) < 4.78 is 52.7. The van der Waals surface area contributed by atoms with Crippen molar-refractivity contribution in [1.82, 2.24) is 0 Å². The molecule has 0 fully saturated rings. The molecule has 20 heavy (non-hydrogen) atoms. The van der Waals surface area contributed by atoms with Gasteiger partial charge in [0, 0.05) is 11.1 Å². The van der Waals surface area contributed by atoms with Crippen molar-refractivity contribution in [1.29, 1.82) is 0 Å². The second kappa shape index (κ2) is 5.43. The van der Waals surface area contributed by atoms with E-state index in [0.29, 0.717) is 0 Å². The van der Waals surface area contributed by atoms with Crippen LogP contribution in [0.15, 0.2) is 30.3 Å². The molecule has 0 heterocycles. The van der Waals surface area contributed by atoms with E-state index in [-0.39, 0.29) is 20.6 Å². The first-order valence-corrected chi connectivity index (χ1v) is 6.36. The Morgan fingerprint density at radius 3 is 2.05 bits per heavy atom. The first kappa shape index (κ1) is 15.4. The second-order valence-corrected chi connectivity index (χ2v) is 5.13. The fourth-order valence-corrected chi connectivity index (χ4v) is 2.39. The summed E-state index contributed by atoms with van der Waals surface area (Å²) in [6.45, 7) is 0. The molecule has 0 aliphatic carbocycles. The van der Waals surface area contributed by atoms with Crippen LogP contribution in [0, 0.1) is 5.82 Å². The summed E-state index contributed by atoms with van der Waals surface area (Å²) in [7, 11) is 0. The van der Waals surface area contributed by atoms with Crippen LogP contribution in [0.5, 0.6) is 0 Å². The maximum absolute atomic E-state index is 13.8. The van der Waals surface area contributed by atoms with Crippen molar-refractivity contribution >= 4 is 34.8 Å². The maximum atomic E-state index is 13.8. The highest BCUT2D eigenvalue weighted by Gasteiger charge is 2.35. The third-order valence-corrected chi connectivity index (χ3v) is 3.63. The van der Waals surface area contributed by atoms with Gasteiger partial charge in [-0.25, -0.2) is 4.39 Å². The third kappa shape index (κ3) is 2.87. The van der Waals surface area contributed by atoms with Gasteiger partial charge in [-0.15, -0.1) is 0 Å². The molecule has 0 aliphatic heterocycles. The maximum Gasteiger partial charge on any atom is 0.417 e. The molecule has 0 aromatic heterocycles. The van der Waals surface area contributed by atoms with Gasteiger partial charge in [-0.1, -0.05) is 40.9 Å². The summed E-state index contributed by atoms with van der Waals surface area (Å²) >= 11 is 17.3. The van der Waals surface area contributed by atoms with Crippen LogP contribution < -0.4 is 0 Å². The Morgan fingerprint density at radius 1 is 0.850 bits per heavy atom. The molecule has 2 rings (SSSR count). The van der Waals surface area contributed by atoms with Crippen LogP contribution in [0.4, 0.5) is 17.6 Å². The van der Waals surface area contributed by atoms with Gasteiger partial charge in [0.05, 0.1) is 20.6 Å². The lowest BCUT2D eigenvalue weighted by atomic mass is 9.98. The van der Waals surface area contributed by atoms with Crippen molar-refractivity contribution < 1.29 is 17.6 Å². The molecule has 2 aromatic carbocycles. The minimum Gasteiger partial charge on any atom is -0.206 e. The quantitative estimate of drug-likeness (QED) is 0.411. The largest absolute Gasteiger partial charge is 0.417 e. The number of hydrogen-bond donors (Lipinski definition) is 0. The summed E-state index contributed by atoms with van der Waals surface area (Å²) in [5.74, 6) is -1.04. The molecular formula is C13H5Cl3F4. The summed E-state index contributed by atoms with van der Waals surface area (Å²) in [6, 6.07) is 4.96. The highest BCUT2D eigenvalue weighted by Crippen LogP contribution is 2.42. The molecule has 2 aromatic rings. The van der Waals surface area contributed by atoms with Crippen LogP contribution in [-0.2, 0) is 6.18 Å². The van der Waals surface area contributed by atoms with Gasteiger partial charge in [0.15, 0.2) is 0 Å². The SMILES string of the molecule is Fc1cccc(C(F)(F)F)c1-c1cc(Cl)c(Cl)cc1Cl. The molecule has 0 spiro atoms. The van der Waals surface area contributed by atoms with E-state index in [9.17, 15) is 17.6 Å². The standard InChI is InChI=1S/C13H5Cl3F4/c14-8-5-10(16)9(15)4-6(8)12-7(13(18,19)20)2-1-3-11(12)17/h1-5H. The van der Waals surface area contributed by atoms with E-state index in [4.69, 9.17) is 34.8 Å². The number of alkyl halides is 3. The molecule has 0 atom stereocenters. The van der Waals surface area contributed by atoms with Crippen LogP contribution >= 0.6 is 34.8 Å². The van der Waals surface area contributed by atoms with Crippen LogP contribution in [0.1, 0.15) is 5.56 Å². The lowest BCUT2D eigenvalue weighted by Gasteiger charge is -2.15. The van der Waals surface area contributed by atoms with Crippen molar-refractivity contribution in [3.8, 4) is 11.1 Å². The van der Waals surface area contributed by atoms with Gasteiger partial charge in [0.1, 0.15) is 5.82 Å². The normalized spacial score (nSPS) is 11.8. The zero-order valence-corrected chi connectivity index (χ0v) is 11.8. The van der Waals surface area contributed by atoms with E-state index in [1.807, 2.05) is 0 Å². The van der Waals surface area contributed by atoms with Gasteiger partial charge in [0.25, 0.3) is 0 Å². The molecule has 0 saturated carbocycles. The predicted molar refractivity (Wildman–Crippen MR) is 71.9 cm³/mol. The molecule has 7 heteroatoms. The van der Waals surface area contributed by atoms with Gasteiger partial charge in [-0.3, -0.25) is 0 Å². The lowest BCUT2D eigenvalue weighted by Crippen LogP contribution is -2.08. The minimum atomic E-state index is -4.72. The van der Waals surface area contributed by atoms with E-state index < -0.39 is 23.1 Å². The smallest absolute Gasteiger partial charge is 0.206 e. The number of benzene rings is 2. The summed E-state index contributed by atoms with van der Waals surface area (Å²) in [4.78, 5) is 0.